The second-order valence-electron chi connectivity index (χ2n) is 5.76. The third-order valence-electron chi connectivity index (χ3n) is 4.17. The Morgan fingerprint density at radius 3 is 2.48 bits per heavy atom. The van der Waals surface area contributed by atoms with E-state index in [2.05, 4.69) is 6.07 Å². The summed E-state index contributed by atoms with van der Waals surface area (Å²) in [7, 11) is 0. The lowest BCUT2D eigenvalue weighted by Crippen LogP contribution is -2.06. The van der Waals surface area contributed by atoms with Crippen molar-refractivity contribution in [2.75, 3.05) is 0 Å². The molecule has 0 aliphatic carbocycles. The van der Waals surface area contributed by atoms with Gasteiger partial charge in [-0.15, -0.1) is 0 Å². The van der Waals surface area contributed by atoms with E-state index in [0.29, 0.717) is 11.6 Å². The number of fused-ring (bicyclic) bond motifs is 3. The maximum atomic E-state index is 13.2. The van der Waals surface area contributed by atoms with E-state index in [9.17, 15) is 4.39 Å². The third kappa shape index (κ3) is 2.40. The first-order chi connectivity index (χ1) is 11.1. The van der Waals surface area contributed by atoms with Crippen LogP contribution in [0.15, 0.2) is 54.6 Å². The molecule has 0 saturated heterocycles. The van der Waals surface area contributed by atoms with Gasteiger partial charge in [-0.2, -0.15) is 0 Å². The number of hydrogen-bond donors (Lipinski definition) is 0. The van der Waals surface area contributed by atoms with E-state index in [1.165, 1.54) is 12.1 Å². The van der Waals surface area contributed by atoms with Gasteiger partial charge in [-0.25, -0.2) is 4.39 Å². The van der Waals surface area contributed by atoms with Gasteiger partial charge in [0, 0.05) is 16.7 Å². The molecule has 0 radical (unpaired) electrons. The first kappa shape index (κ1) is 14.3. The van der Waals surface area contributed by atoms with Crippen LogP contribution in [0.2, 0.25) is 5.02 Å². The number of rotatable bonds is 1. The minimum atomic E-state index is -0.253. The molecule has 3 aromatic carbocycles. The Bertz CT molecular complexity index is 900. The molecule has 1 aliphatic heterocycles. The van der Waals surface area contributed by atoms with Gasteiger partial charge < -0.3 is 4.74 Å². The highest BCUT2D eigenvalue weighted by atomic mass is 35.5. The van der Waals surface area contributed by atoms with Gasteiger partial charge in [0.2, 0.25) is 0 Å². The van der Waals surface area contributed by atoms with Crippen molar-refractivity contribution in [3.8, 4) is 28.0 Å². The molecule has 23 heavy (non-hydrogen) atoms. The zero-order valence-corrected chi connectivity index (χ0v) is 13.3. The van der Waals surface area contributed by atoms with E-state index in [1.54, 1.807) is 12.1 Å². The molecular formula is C20H14ClFO. The normalized spacial score (nSPS) is 12.3. The average Bonchev–Trinajstić information content (AvgIpc) is 2.56. The van der Waals surface area contributed by atoms with Gasteiger partial charge in [-0.3, -0.25) is 0 Å². The molecule has 0 aromatic heterocycles. The van der Waals surface area contributed by atoms with Crippen LogP contribution in [0.4, 0.5) is 4.39 Å². The molecule has 3 aromatic rings. The number of hydrogen-bond acceptors (Lipinski definition) is 1. The van der Waals surface area contributed by atoms with Crippen molar-refractivity contribution >= 4 is 11.6 Å². The lowest BCUT2D eigenvalue weighted by Gasteiger charge is -2.23. The predicted octanol–water partition coefficient (Wildman–Crippen LogP) is 6.01. The van der Waals surface area contributed by atoms with Crippen LogP contribution in [0.3, 0.4) is 0 Å². The van der Waals surface area contributed by atoms with Crippen molar-refractivity contribution in [1.29, 1.82) is 0 Å². The minimum absolute atomic E-state index is 0.253. The molecule has 0 saturated carbocycles. The summed E-state index contributed by atoms with van der Waals surface area (Å²) in [6.07, 6.45) is 0. The highest BCUT2D eigenvalue weighted by molar-refractivity contribution is 6.36. The van der Waals surface area contributed by atoms with Crippen molar-refractivity contribution in [2.45, 2.75) is 13.5 Å². The van der Waals surface area contributed by atoms with Crippen LogP contribution in [-0.2, 0) is 6.61 Å². The largest absolute Gasteiger partial charge is 0.488 e. The van der Waals surface area contributed by atoms with Gasteiger partial charge in [0.15, 0.2) is 0 Å². The Hall–Kier alpha value is -2.32. The Morgan fingerprint density at radius 1 is 0.957 bits per heavy atom. The molecule has 0 N–H and O–H groups in total. The van der Waals surface area contributed by atoms with Crippen molar-refractivity contribution in [3.63, 3.8) is 0 Å². The van der Waals surface area contributed by atoms with Gasteiger partial charge >= 0.3 is 0 Å². The molecule has 0 fully saturated rings. The average molecular weight is 325 g/mol. The summed E-state index contributed by atoms with van der Waals surface area (Å²) in [6.45, 7) is 2.55. The van der Waals surface area contributed by atoms with Crippen LogP contribution < -0.4 is 4.74 Å². The molecule has 0 atom stereocenters. The number of aryl methyl sites for hydroxylation is 1. The maximum Gasteiger partial charge on any atom is 0.127 e. The summed E-state index contributed by atoms with van der Waals surface area (Å²) >= 11 is 6.72. The molecule has 0 bridgehead atoms. The van der Waals surface area contributed by atoms with E-state index >= 15 is 0 Å². The van der Waals surface area contributed by atoms with E-state index in [4.69, 9.17) is 16.3 Å². The van der Waals surface area contributed by atoms with Crippen molar-refractivity contribution in [2.24, 2.45) is 0 Å². The zero-order chi connectivity index (χ0) is 16.0. The highest BCUT2D eigenvalue weighted by Gasteiger charge is 2.22. The van der Waals surface area contributed by atoms with Crippen LogP contribution >= 0.6 is 11.6 Å². The van der Waals surface area contributed by atoms with Gasteiger partial charge in [0.25, 0.3) is 0 Å². The number of ether oxygens (including phenoxy) is 1. The van der Waals surface area contributed by atoms with E-state index in [0.717, 1.165) is 39.1 Å². The first-order valence-corrected chi connectivity index (χ1v) is 7.82. The second kappa shape index (κ2) is 5.39. The fraction of sp³-hybridized carbons (Fsp3) is 0.100. The monoisotopic (exact) mass is 324 g/mol. The molecule has 4 rings (SSSR count). The summed E-state index contributed by atoms with van der Waals surface area (Å²) in [5.41, 5.74) is 6.04. The Labute approximate surface area is 139 Å². The summed E-state index contributed by atoms with van der Waals surface area (Å²) < 4.78 is 19.0. The molecular weight excluding hydrogens is 311 g/mol. The summed E-state index contributed by atoms with van der Waals surface area (Å²) in [5, 5.41) is 0.683. The predicted molar refractivity (Wildman–Crippen MR) is 91.4 cm³/mol. The first-order valence-electron chi connectivity index (χ1n) is 7.44. The molecule has 1 nitrogen and oxygen atoms in total. The van der Waals surface area contributed by atoms with E-state index < -0.39 is 0 Å². The number of benzene rings is 3. The van der Waals surface area contributed by atoms with Crippen LogP contribution in [0.1, 0.15) is 11.1 Å². The molecule has 1 heterocycles. The molecule has 1 aliphatic rings. The van der Waals surface area contributed by atoms with Crippen LogP contribution in [0, 0.1) is 12.7 Å². The quantitative estimate of drug-likeness (QED) is 0.532. The smallest absolute Gasteiger partial charge is 0.127 e. The Kier molecular flexibility index (Phi) is 3.35. The van der Waals surface area contributed by atoms with Crippen LogP contribution in [-0.4, -0.2) is 0 Å². The molecule has 0 amide bonds. The third-order valence-corrected chi connectivity index (χ3v) is 4.57. The fourth-order valence-corrected chi connectivity index (χ4v) is 3.39. The highest BCUT2D eigenvalue weighted by Crippen LogP contribution is 2.45. The Balaban J connectivity index is 1.93. The Morgan fingerprint density at radius 2 is 1.70 bits per heavy atom. The van der Waals surface area contributed by atoms with E-state index in [-0.39, 0.29) is 5.82 Å². The van der Waals surface area contributed by atoms with Gasteiger partial charge in [-0.1, -0.05) is 48.0 Å². The SMILES string of the molecule is Cc1ccc2c(c1)OCc1ccc(-c3ccc(F)cc3)c(Cl)c1-2. The lowest BCUT2D eigenvalue weighted by atomic mass is 9.92. The molecule has 3 heteroatoms. The van der Waals surface area contributed by atoms with Crippen LogP contribution in [0.5, 0.6) is 5.75 Å². The van der Waals surface area contributed by atoms with Gasteiger partial charge in [0.1, 0.15) is 18.2 Å². The van der Waals surface area contributed by atoms with Crippen molar-refractivity contribution in [1.82, 2.24) is 0 Å². The maximum absolute atomic E-state index is 13.2. The molecule has 0 unspecified atom stereocenters. The van der Waals surface area contributed by atoms with Crippen molar-refractivity contribution in [3.05, 3.63) is 76.6 Å². The molecule has 0 spiro atoms. The van der Waals surface area contributed by atoms with E-state index in [1.807, 2.05) is 31.2 Å². The second-order valence-corrected chi connectivity index (χ2v) is 6.13. The summed E-state index contributed by atoms with van der Waals surface area (Å²) in [4.78, 5) is 0. The molecule has 114 valence electrons. The van der Waals surface area contributed by atoms with Gasteiger partial charge in [0.05, 0.1) is 5.02 Å². The zero-order valence-electron chi connectivity index (χ0n) is 12.6. The number of halogens is 2. The fourth-order valence-electron chi connectivity index (χ4n) is 2.99. The minimum Gasteiger partial charge on any atom is -0.488 e. The summed E-state index contributed by atoms with van der Waals surface area (Å²) in [5.74, 6) is 0.604. The lowest BCUT2D eigenvalue weighted by molar-refractivity contribution is 0.302. The standard InChI is InChI=1S/C20H14ClFO/c1-12-2-8-17-18(10-12)23-11-14-5-9-16(20(21)19(14)17)13-3-6-15(22)7-4-13/h2-10H,11H2,1H3. The van der Waals surface area contributed by atoms with Gasteiger partial charge in [-0.05, 0) is 41.8 Å². The van der Waals surface area contributed by atoms with Crippen molar-refractivity contribution < 1.29 is 9.13 Å². The summed E-state index contributed by atoms with van der Waals surface area (Å²) in [6, 6.07) is 16.5. The topological polar surface area (TPSA) is 9.23 Å². The van der Waals surface area contributed by atoms with Crippen LogP contribution in [0.25, 0.3) is 22.3 Å².